The van der Waals surface area contributed by atoms with Gasteiger partial charge in [0.25, 0.3) is 0 Å². The zero-order chi connectivity index (χ0) is 60.5. The summed E-state index contributed by atoms with van der Waals surface area (Å²) in [4.78, 5) is 13.2. The number of ether oxygens (including phenoxy) is 6. The Hall–Kier alpha value is -1.99. The first-order chi connectivity index (χ1) is 40.3. The molecule has 3 saturated heterocycles. The molecule has 0 bridgehead atoms. The molecule has 0 aromatic heterocycles. The molecule has 17 unspecified atom stereocenters. The molecule has 19 heteroatoms. The predicted octanol–water partition coefficient (Wildman–Crippen LogP) is 7.27. The molecule has 12 N–H and O–H groups in total. The van der Waals surface area contributed by atoms with E-state index in [1.54, 1.807) is 6.08 Å². The molecule has 3 fully saturated rings. The van der Waals surface area contributed by atoms with E-state index in [2.05, 4.69) is 43.5 Å². The Labute approximate surface area is 498 Å². The largest absolute Gasteiger partial charge is 0.394 e. The van der Waals surface area contributed by atoms with Gasteiger partial charge in [-0.2, -0.15) is 0 Å². The van der Waals surface area contributed by atoms with Crippen LogP contribution >= 0.6 is 0 Å². The Bertz CT molecular complexity index is 1660. The molecule has 0 spiro atoms. The molecule has 486 valence electrons. The number of hydrogen-bond acceptors (Lipinski definition) is 18. The predicted molar refractivity (Wildman–Crippen MR) is 319 cm³/mol. The van der Waals surface area contributed by atoms with Gasteiger partial charge in [0, 0.05) is 6.42 Å². The first-order valence-electron chi connectivity index (χ1n) is 32.7. The molecule has 0 aliphatic carbocycles. The van der Waals surface area contributed by atoms with Crippen LogP contribution < -0.4 is 5.32 Å². The summed E-state index contributed by atoms with van der Waals surface area (Å²) in [6.45, 7) is 1.64. The van der Waals surface area contributed by atoms with Gasteiger partial charge < -0.3 is 89.9 Å². The van der Waals surface area contributed by atoms with E-state index in [1.807, 2.05) is 6.08 Å². The highest BCUT2D eigenvalue weighted by Gasteiger charge is 2.53. The second-order valence-corrected chi connectivity index (χ2v) is 23.6. The molecule has 0 aromatic rings. The van der Waals surface area contributed by atoms with E-state index < -0.39 is 124 Å². The molecular formula is C64H117NO18. The minimum absolute atomic E-state index is 0.231. The lowest BCUT2D eigenvalue weighted by molar-refractivity contribution is -0.379. The summed E-state index contributed by atoms with van der Waals surface area (Å²) in [5, 5.41) is 120. The lowest BCUT2D eigenvalue weighted by atomic mass is 9.96. The number of aliphatic hydroxyl groups is 11. The number of amides is 1. The highest BCUT2D eigenvalue weighted by atomic mass is 16.8. The molecule has 3 heterocycles. The van der Waals surface area contributed by atoms with Crippen LogP contribution in [0.1, 0.15) is 232 Å². The summed E-state index contributed by atoms with van der Waals surface area (Å²) < 4.78 is 34.1. The minimum Gasteiger partial charge on any atom is -0.394 e. The van der Waals surface area contributed by atoms with Gasteiger partial charge in [-0.15, -0.1) is 0 Å². The van der Waals surface area contributed by atoms with Crippen LogP contribution in [0.3, 0.4) is 0 Å². The van der Waals surface area contributed by atoms with Crippen LogP contribution in [-0.4, -0.2) is 193 Å². The van der Waals surface area contributed by atoms with Crippen molar-refractivity contribution in [1.82, 2.24) is 5.32 Å². The average Bonchev–Trinajstić information content (AvgIpc) is 3.25. The molecule has 1 amide bonds. The van der Waals surface area contributed by atoms with Gasteiger partial charge in [0.1, 0.15) is 73.2 Å². The highest BCUT2D eigenvalue weighted by Crippen LogP contribution is 2.33. The number of carbonyl (C=O) groups excluding carboxylic acids is 1. The summed E-state index contributed by atoms with van der Waals surface area (Å²) in [7, 11) is 0. The number of hydrogen-bond donors (Lipinski definition) is 12. The van der Waals surface area contributed by atoms with E-state index in [0.29, 0.717) is 12.8 Å². The van der Waals surface area contributed by atoms with Gasteiger partial charge in [0.2, 0.25) is 5.91 Å². The molecule has 19 nitrogen and oxygen atoms in total. The fourth-order valence-corrected chi connectivity index (χ4v) is 11.0. The zero-order valence-corrected chi connectivity index (χ0v) is 50.9. The molecule has 0 radical (unpaired) electrons. The third-order valence-electron chi connectivity index (χ3n) is 16.4. The summed E-state index contributed by atoms with van der Waals surface area (Å²) in [6.07, 6.45) is 26.3. The normalized spacial score (nSPS) is 29.6. The number of unbranched alkanes of at least 4 members (excludes halogenated alkanes) is 29. The zero-order valence-electron chi connectivity index (χ0n) is 50.9. The van der Waals surface area contributed by atoms with Crippen molar-refractivity contribution >= 4 is 5.91 Å². The van der Waals surface area contributed by atoms with Crippen LogP contribution in [0, 0.1) is 0 Å². The molecule has 83 heavy (non-hydrogen) atoms. The average molecular weight is 1190 g/mol. The lowest BCUT2D eigenvalue weighted by Crippen LogP contribution is -2.66. The van der Waals surface area contributed by atoms with Crippen molar-refractivity contribution in [3.8, 4) is 0 Å². The van der Waals surface area contributed by atoms with Crippen LogP contribution in [-0.2, 0) is 33.2 Å². The van der Waals surface area contributed by atoms with Crippen LogP contribution in [0.25, 0.3) is 0 Å². The standard InChI is InChI=1S/C64H117NO18/c1-3-5-7-9-11-12-13-14-15-16-17-18-19-20-21-22-23-24-25-26-27-28-29-30-31-32-33-34-36-37-39-41-48(69)47(65-52(70)42-40-38-35-10-8-6-4-2)46-78-62-58(76)55(73)60(50(44-67)80-62)83-64-59(77)56(74)61(51(45-68)81-64)82-63-57(75)54(72)53(71)49(43-66)79-63/h29-30,33-34,39,41,47-51,53-64,66-69,71-77H,3-28,31-32,35-38,40,42-46H2,1-2H3,(H,65,70)/b30-29+,34-33+,41-39+. The van der Waals surface area contributed by atoms with Gasteiger partial charge >= 0.3 is 0 Å². The van der Waals surface area contributed by atoms with Crippen LogP contribution in [0.15, 0.2) is 36.5 Å². The van der Waals surface area contributed by atoms with Crippen molar-refractivity contribution in [3.05, 3.63) is 36.5 Å². The molecule has 0 aromatic carbocycles. The molecule has 17 atom stereocenters. The van der Waals surface area contributed by atoms with E-state index in [-0.39, 0.29) is 18.9 Å². The number of nitrogens with one attached hydrogen (secondary N) is 1. The van der Waals surface area contributed by atoms with Crippen molar-refractivity contribution in [2.24, 2.45) is 0 Å². The van der Waals surface area contributed by atoms with E-state index in [9.17, 15) is 61.0 Å². The van der Waals surface area contributed by atoms with Gasteiger partial charge in [-0.05, 0) is 44.9 Å². The van der Waals surface area contributed by atoms with Gasteiger partial charge in [-0.1, -0.05) is 217 Å². The molecule has 3 rings (SSSR count). The number of carbonyl (C=O) groups is 1. The van der Waals surface area contributed by atoms with Gasteiger partial charge in [-0.3, -0.25) is 4.79 Å². The Morgan fingerprint density at radius 2 is 0.771 bits per heavy atom. The maximum absolute atomic E-state index is 13.2. The molecule has 0 saturated carbocycles. The maximum atomic E-state index is 13.2. The number of aliphatic hydroxyl groups excluding tert-OH is 11. The summed E-state index contributed by atoms with van der Waals surface area (Å²) in [6, 6.07) is -0.991. The molecule has 3 aliphatic heterocycles. The van der Waals surface area contributed by atoms with E-state index >= 15 is 0 Å². The van der Waals surface area contributed by atoms with Crippen molar-refractivity contribution in [3.63, 3.8) is 0 Å². The monoisotopic (exact) mass is 1190 g/mol. The fourth-order valence-electron chi connectivity index (χ4n) is 11.0. The number of rotatable bonds is 49. The Morgan fingerprint density at radius 3 is 1.20 bits per heavy atom. The van der Waals surface area contributed by atoms with E-state index in [1.165, 1.54) is 141 Å². The van der Waals surface area contributed by atoms with Crippen LogP contribution in [0.4, 0.5) is 0 Å². The first kappa shape index (κ1) is 75.3. The Kier molecular flexibility index (Phi) is 42.7. The van der Waals surface area contributed by atoms with Crippen molar-refractivity contribution in [1.29, 1.82) is 0 Å². The third-order valence-corrected chi connectivity index (χ3v) is 16.4. The summed E-state index contributed by atoms with van der Waals surface area (Å²) >= 11 is 0. The number of allylic oxidation sites excluding steroid dienone is 5. The maximum Gasteiger partial charge on any atom is 0.220 e. The van der Waals surface area contributed by atoms with Crippen molar-refractivity contribution < 1.29 is 89.4 Å². The lowest BCUT2D eigenvalue weighted by Gasteiger charge is -2.48. The van der Waals surface area contributed by atoms with E-state index in [4.69, 9.17) is 28.4 Å². The fraction of sp³-hybridized carbons (Fsp3) is 0.891. The van der Waals surface area contributed by atoms with Gasteiger partial charge in [-0.25, -0.2) is 0 Å². The second kappa shape index (κ2) is 47.1. The smallest absolute Gasteiger partial charge is 0.220 e. The van der Waals surface area contributed by atoms with Crippen LogP contribution in [0.2, 0.25) is 0 Å². The minimum atomic E-state index is -1.98. The van der Waals surface area contributed by atoms with Crippen molar-refractivity contribution in [2.75, 3.05) is 26.4 Å². The van der Waals surface area contributed by atoms with Gasteiger partial charge in [0.15, 0.2) is 18.9 Å². The Balaban J connectivity index is 1.38. The van der Waals surface area contributed by atoms with Crippen molar-refractivity contribution in [2.45, 2.75) is 336 Å². The molecule has 3 aliphatic rings. The first-order valence-corrected chi connectivity index (χ1v) is 32.7. The second-order valence-electron chi connectivity index (χ2n) is 23.6. The van der Waals surface area contributed by atoms with Gasteiger partial charge in [0.05, 0.1) is 38.6 Å². The highest BCUT2D eigenvalue weighted by molar-refractivity contribution is 5.76. The topological polar surface area (TPSA) is 307 Å². The quantitative estimate of drug-likeness (QED) is 0.0211. The van der Waals surface area contributed by atoms with E-state index in [0.717, 1.165) is 57.8 Å². The van der Waals surface area contributed by atoms with Crippen LogP contribution in [0.5, 0.6) is 0 Å². The molecular weight excluding hydrogens is 1070 g/mol. The Morgan fingerprint density at radius 1 is 0.422 bits per heavy atom. The summed E-state index contributed by atoms with van der Waals surface area (Å²) in [5.74, 6) is -0.297. The summed E-state index contributed by atoms with van der Waals surface area (Å²) in [5.41, 5.74) is 0. The third kappa shape index (κ3) is 30.2. The SMILES string of the molecule is CCCCCCCCCCCCCCCCCCCCCCC/C=C/CC/C=C/CC/C=C/C(O)C(COC1OC(CO)C(OC2OC(CO)C(OC3OC(CO)C(O)C(O)C3O)C(O)C2O)C(O)C1O)NC(=O)CCCCCCCCC.